The molecule has 0 amide bonds. The Morgan fingerprint density at radius 1 is 1.41 bits per heavy atom. The number of halogens is 1. The molecule has 0 bridgehead atoms. The summed E-state index contributed by atoms with van der Waals surface area (Å²) in [5, 5.41) is 9.66. The molecule has 0 aliphatic carbocycles. The Hall–Kier alpha value is -1.35. The second kappa shape index (κ2) is 6.40. The van der Waals surface area contributed by atoms with Crippen molar-refractivity contribution < 1.29 is 9.90 Å². The van der Waals surface area contributed by atoms with Gasteiger partial charge in [-0.3, -0.25) is 4.99 Å². The summed E-state index contributed by atoms with van der Waals surface area (Å²) >= 11 is 5.76. The van der Waals surface area contributed by atoms with Crippen molar-refractivity contribution in [2.45, 2.75) is 26.3 Å². The number of rotatable bonds is 5. The maximum absolute atomic E-state index is 11.0. The standard InChI is InChI=1S/C13H16ClNO2/c1-9(2)7-12(13(16)17)15-8-10-3-5-11(14)6-4-10/h3-6,8-9,12H,7H2,1-2H3,(H,16,17)/t12-/m0/s1. The molecule has 1 aromatic rings. The zero-order valence-corrected chi connectivity index (χ0v) is 10.7. The third-order valence-corrected chi connectivity index (χ3v) is 2.51. The van der Waals surface area contributed by atoms with Crippen LogP contribution < -0.4 is 0 Å². The number of hydrogen-bond donors (Lipinski definition) is 1. The topological polar surface area (TPSA) is 49.7 Å². The van der Waals surface area contributed by atoms with Crippen molar-refractivity contribution in [3.8, 4) is 0 Å². The molecule has 0 heterocycles. The molecule has 1 rings (SSSR count). The van der Waals surface area contributed by atoms with Gasteiger partial charge in [0.05, 0.1) is 0 Å². The van der Waals surface area contributed by atoms with E-state index in [1.165, 1.54) is 0 Å². The van der Waals surface area contributed by atoms with Crippen LogP contribution in [0.2, 0.25) is 5.02 Å². The lowest BCUT2D eigenvalue weighted by Gasteiger charge is -2.09. The summed E-state index contributed by atoms with van der Waals surface area (Å²) in [6, 6.07) is 6.44. The van der Waals surface area contributed by atoms with Crippen LogP contribution in [-0.2, 0) is 4.79 Å². The lowest BCUT2D eigenvalue weighted by atomic mass is 10.0. The molecule has 0 unspecified atom stereocenters. The van der Waals surface area contributed by atoms with E-state index in [1.54, 1.807) is 30.5 Å². The normalized spacial score (nSPS) is 13.2. The summed E-state index contributed by atoms with van der Waals surface area (Å²) < 4.78 is 0. The lowest BCUT2D eigenvalue weighted by Crippen LogP contribution is -2.20. The highest BCUT2D eigenvalue weighted by Gasteiger charge is 2.16. The van der Waals surface area contributed by atoms with Gasteiger partial charge in [0.2, 0.25) is 0 Å². The summed E-state index contributed by atoms with van der Waals surface area (Å²) in [5.41, 5.74) is 0.851. The van der Waals surface area contributed by atoms with Gasteiger partial charge < -0.3 is 5.11 Å². The van der Waals surface area contributed by atoms with E-state index >= 15 is 0 Å². The minimum absolute atomic E-state index is 0.304. The second-order valence-electron chi connectivity index (χ2n) is 4.31. The fourth-order valence-corrected chi connectivity index (χ4v) is 1.52. The molecule has 92 valence electrons. The lowest BCUT2D eigenvalue weighted by molar-refractivity contribution is -0.138. The zero-order chi connectivity index (χ0) is 12.8. The number of carboxylic acid groups (broad SMARTS) is 1. The highest BCUT2D eigenvalue weighted by Crippen LogP contribution is 2.10. The first-order valence-electron chi connectivity index (χ1n) is 5.50. The average Bonchev–Trinajstić information content (AvgIpc) is 2.25. The number of benzene rings is 1. The first-order valence-corrected chi connectivity index (χ1v) is 5.88. The summed E-state index contributed by atoms with van der Waals surface area (Å²) in [7, 11) is 0. The Balaban J connectivity index is 2.72. The van der Waals surface area contributed by atoms with Crippen LogP contribution in [0.25, 0.3) is 0 Å². The highest BCUT2D eigenvalue weighted by atomic mass is 35.5. The van der Waals surface area contributed by atoms with Gasteiger partial charge in [-0.15, -0.1) is 0 Å². The minimum Gasteiger partial charge on any atom is -0.480 e. The molecule has 3 nitrogen and oxygen atoms in total. The summed E-state index contributed by atoms with van der Waals surface area (Å²) in [5.74, 6) is -0.581. The van der Waals surface area contributed by atoms with E-state index in [9.17, 15) is 4.79 Å². The smallest absolute Gasteiger partial charge is 0.328 e. The van der Waals surface area contributed by atoms with Gasteiger partial charge in [-0.25, -0.2) is 4.79 Å². The van der Waals surface area contributed by atoms with Crippen molar-refractivity contribution in [3.63, 3.8) is 0 Å². The molecule has 0 aliphatic heterocycles. The molecule has 1 N–H and O–H groups in total. The number of carboxylic acids is 1. The molecular formula is C13H16ClNO2. The Morgan fingerprint density at radius 2 is 2.00 bits per heavy atom. The predicted octanol–water partition coefficient (Wildman–Crippen LogP) is 3.26. The van der Waals surface area contributed by atoms with Crippen molar-refractivity contribution >= 4 is 23.8 Å². The maximum atomic E-state index is 11.0. The first kappa shape index (κ1) is 13.7. The van der Waals surface area contributed by atoms with Gasteiger partial charge >= 0.3 is 5.97 Å². The molecule has 0 spiro atoms. The fraction of sp³-hybridized carbons (Fsp3) is 0.385. The van der Waals surface area contributed by atoms with E-state index in [1.807, 2.05) is 13.8 Å². The van der Waals surface area contributed by atoms with Crippen molar-refractivity contribution in [1.82, 2.24) is 0 Å². The molecule has 0 radical (unpaired) electrons. The van der Waals surface area contributed by atoms with Gasteiger partial charge in [-0.1, -0.05) is 37.6 Å². The van der Waals surface area contributed by atoms with Gasteiger partial charge in [-0.2, -0.15) is 0 Å². The molecule has 0 aliphatic rings. The van der Waals surface area contributed by atoms with Gasteiger partial charge in [0.25, 0.3) is 0 Å². The van der Waals surface area contributed by atoms with E-state index in [4.69, 9.17) is 16.7 Å². The Morgan fingerprint density at radius 3 is 2.47 bits per heavy atom. The van der Waals surface area contributed by atoms with E-state index in [-0.39, 0.29) is 0 Å². The van der Waals surface area contributed by atoms with Crippen molar-refractivity contribution in [1.29, 1.82) is 0 Å². The molecule has 17 heavy (non-hydrogen) atoms. The quantitative estimate of drug-likeness (QED) is 0.819. The van der Waals surface area contributed by atoms with Crippen LogP contribution in [0.1, 0.15) is 25.8 Å². The largest absolute Gasteiger partial charge is 0.480 e. The van der Waals surface area contributed by atoms with Crippen LogP contribution >= 0.6 is 11.6 Å². The van der Waals surface area contributed by atoms with Crippen LogP contribution in [0.5, 0.6) is 0 Å². The Kier molecular flexibility index (Phi) is 5.16. The molecule has 0 fully saturated rings. The number of aliphatic carboxylic acids is 1. The summed E-state index contributed by atoms with van der Waals surface area (Å²) in [4.78, 5) is 15.1. The Labute approximate surface area is 106 Å². The first-order chi connectivity index (χ1) is 7.99. The monoisotopic (exact) mass is 253 g/mol. The van der Waals surface area contributed by atoms with E-state index in [2.05, 4.69) is 4.99 Å². The predicted molar refractivity (Wildman–Crippen MR) is 69.9 cm³/mol. The van der Waals surface area contributed by atoms with E-state index in [0.29, 0.717) is 17.4 Å². The summed E-state index contributed by atoms with van der Waals surface area (Å²) in [6.45, 7) is 3.96. The molecule has 0 aromatic heterocycles. The van der Waals surface area contributed by atoms with Crippen LogP contribution in [0.4, 0.5) is 0 Å². The fourth-order valence-electron chi connectivity index (χ4n) is 1.40. The second-order valence-corrected chi connectivity index (χ2v) is 4.75. The van der Waals surface area contributed by atoms with Crippen LogP contribution in [0, 0.1) is 5.92 Å². The molecule has 1 aromatic carbocycles. The average molecular weight is 254 g/mol. The van der Waals surface area contributed by atoms with Crippen LogP contribution in [-0.4, -0.2) is 23.3 Å². The summed E-state index contributed by atoms with van der Waals surface area (Å²) in [6.07, 6.45) is 2.12. The van der Waals surface area contributed by atoms with Crippen LogP contribution in [0.15, 0.2) is 29.3 Å². The van der Waals surface area contributed by atoms with E-state index in [0.717, 1.165) is 5.56 Å². The van der Waals surface area contributed by atoms with Gasteiger partial charge in [-0.05, 0) is 30.0 Å². The molecule has 4 heteroatoms. The number of nitrogens with zero attached hydrogens (tertiary/aromatic N) is 1. The van der Waals surface area contributed by atoms with Gasteiger partial charge in [0.15, 0.2) is 0 Å². The van der Waals surface area contributed by atoms with E-state index < -0.39 is 12.0 Å². The maximum Gasteiger partial charge on any atom is 0.328 e. The third-order valence-electron chi connectivity index (χ3n) is 2.25. The van der Waals surface area contributed by atoms with Crippen molar-refractivity contribution in [2.24, 2.45) is 10.9 Å². The zero-order valence-electron chi connectivity index (χ0n) is 9.93. The number of carbonyl (C=O) groups is 1. The molecular weight excluding hydrogens is 238 g/mol. The number of hydrogen-bond acceptors (Lipinski definition) is 2. The van der Waals surface area contributed by atoms with Crippen LogP contribution in [0.3, 0.4) is 0 Å². The number of aliphatic imine (C=N–C) groups is 1. The van der Waals surface area contributed by atoms with Gasteiger partial charge in [0, 0.05) is 11.2 Å². The minimum atomic E-state index is -0.885. The molecule has 1 atom stereocenters. The van der Waals surface area contributed by atoms with Crippen molar-refractivity contribution in [3.05, 3.63) is 34.9 Å². The SMILES string of the molecule is CC(C)C[C@H](N=Cc1ccc(Cl)cc1)C(=O)O. The highest BCUT2D eigenvalue weighted by molar-refractivity contribution is 6.30. The molecule has 0 saturated carbocycles. The van der Waals surface area contributed by atoms with Crippen molar-refractivity contribution in [2.75, 3.05) is 0 Å². The third kappa shape index (κ3) is 5.00. The Bertz CT molecular complexity index is 398. The molecule has 0 saturated heterocycles. The van der Waals surface area contributed by atoms with Gasteiger partial charge in [0.1, 0.15) is 6.04 Å².